The summed E-state index contributed by atoms with van der Waals surface area (Å²) in [6, 6.07) is 9.88. The van der Waals surface area contributed by atoms with Crippen molar-refractivity contribution in [2.45, 2.75) is 25.6 Å². The molecule has 31 heavy (non-hydrogen) atoms. The van der Waals surface area contributed by atoms with Crippen molar-refractivity contribution < 1.29 is 24.1 Å². The van der Waals surface area contributed by atoms with Gasteiger partial charge >= 0.3 is 0 Å². The number of methoxy groups -OCH3 is 3. The average molecular weight is 431 g/mol. The van der Waals surface area contributed by atoms with Gasteiger partial charge in [-0.2, -0.15) is 0 Å². The minimum atomic E-state index is -0.942. The van der Waals surface area contributed by atoms with Crippen molar-refractivity contribution in [1.29, 1.82) is 0 Å². The lowest BCUT2D eigenvalue weighted by Gasteiger charge is -2.28. The Kier molecular flexibility index (Phi) is 7.30. The Balaban J connectivity index is 1.87. The summed E-state index contributed by atoms with van der Waals surface area (Å²) in [6.45, 7) is 5.13. The van der Waals surface area contributed by atoms with Crippen molar-refractivity contribution in [1.82, 2.24) is 9.80 Å². The molecule has 0 amide bonds. The molecule has 0 saturated carbocycles. The molecule has 0 saturated heterocycles. The Hall–Kier alpha value is -2.48. The molecule has 0 bridgehead atoms. The van der Waals surface area contributed by atoms with E-state index in [2.05, 4.69) is 11.0 Å². The molecule has 7 heteroatoms. The highest BCUT2D eigenvalue weighted by Crippen LogP contribution is 2.40. The van der Waals surface area contributed by atoms with E-state index in [9.17, 15) is 5.11 Å². The maximum atomic E-state index is 11.0. The van der Waals surface area contributed by atoms with Gasteiger partial charge in [0.2, 0.25) is 5.75 Å². The van der Waals surface area contributed by atoms with Crippen molar-refractivity contribution >= 4 is 0 Å². The number of aliphatic hydroxyl groups is 1. The normalized spacial score (nSPS) is 16.1. The fraction of sp³-hybridized carbons (Fsp3) is 0.500. The number of hydrogen-bond acceptors (Lipinski definition) is 7. The first-order valence-electron chi connectivity index (χ1n) is 10.4. The summed E-state index contributed by atoms with van der Waals surface area (Å²) in [6.07, 6.45) is 0. The van der Waals surface area contributed by atoms with Gasteiger partial charge in [-0.05, 0) is 44.8 Å². The molecule has 1 N–H and O–H groups in total. The lowest BCUT2D eigenvalue weighted by Crippen LogP contribution is -2.34. The highest BCUT2D eigenvalue weighted by molar-refractivity contribution is 5.55. The van der Waals surface area contributed by atoms with E-state index in [0.29, 0.717) is 43.5 Å². The molecule has 1 aliphatic heterocycles. The molecule has 2 aromatic carbocycles. The molecule has 1 atom stereocenters. The van der Waals surface area contributed by atoms with Crippen LogP contribution in [0.1, 0.15) is 23.6 Å². The monoisotopic (exact) mass is 430 g/mol. The molecule has 2 aromatic rings. The summed E-state index contributed by atoms with van der Waals surface area (Å²) in [5.41, 5.74) is 2.02. The van der Waals surface area contributed by atoms with E-state index in [4.69, 9.17) is 18.9 Å². The van der Waals surface area contributed by atoms with Crippen LogP contribution in [0.3, 0.4) is 0 Å². The Bertz CT molecular complexity index is 898. The third kappa shape index (κ3) is 5.23. The lowest BCUT2D eigenvalue weighted by atomic mass is 9.93. The maximum absolute atomic E-state index is 11.0. The molecule has 1 heterocycles. The van der Waals surface area contributed by atoms with E-state index in [0.717, 1.165) is 29.0 Å². The van der Waals surface area contributed by atoms with Crippen molar-refractivity contribution in [3.8, 4) is 23.0 Å². The Morgan fingerprint density at radius 3 is 2.45 bits per heavy atom. The summed E-state index contributed by atoms with van der Waals surface area (Å²) >= 11 is 0. The molecule has 0 fully saturated rings. The van der Waals surface area contributed by atoms with Gasteiger partial charge in [-0.1, -0.05) is 12.1 Å². The minimum Gasteiger partial charge on any atom is -0.493 e. The molecular weight excluding hydrogens is 396 g/mol. The molecule has 7 nitrogen and oxygen atoms in total. The molecule has 0 radical (unpaired) electrons. The zero-order valence-corrected chi connectivity index (χ0v) is 19.4. The number of ether oxygens (including phenoxy) is 4. The van der Waals surface area contributed by atoms with Crippen LogP contribution in [0.15, 0.2) is 30.3 Å². The van der Waals surface area contributed by atoms with Crippen LogP contribution in [0.2, 0.25) is 0 Å². The van der Waals surface area contributed by atoms with Crippen LogP contribution in [0.4, 0.5) is 0 Å². The molecule has 3 rings (SSSR count). The molecule has 170 valence electrons. The summed E-state index contributed by atoms with van der Waals surface area (Å²) in [4.78, 5) is 4.29. The Morgan fingerprint density at radius 2 is 1.81 bits per heavy atom. The van der Waals surface area contributed by atoms with Crippen molar-refractivity contribution in [3.63, 3.8) is 0 Å². The van der Waals surface area contributed by atoms with Gasteiger partial charge in [-0.25, -0.2) is 0 Å². The first-order chi connectivity index (χ1) is 14.8. The smallest absolute Gasteiger partial charge is 0.203 e. The topological polar surface area (TPSA) is 63.6 Å². The van der Waals surface area contributed by atoms with Crippen molar-refractivity contribution in [2.75, 3.05) is 55.1 Å². The summed E-state index contributed by atoms with van der Waals surface area (Å²) in [5.74, 6) is 2.78. The third-order valence-electron chi connectivity index (χ3n) is 5.55. The summed E-state index contributed by atoms with van der Waals surface area (Å²) in [7, 11) is 8.78. The summed E-state index contributed by atoms with van der Waals surface area (Å²) in [5, 5.41) is 11.0. The highest BCUT2D eigenvalue weighted by atomic mass is 16.5. The number of nitrogens with zero attached hydrogens (tertiary/aromatic N) is 2. The maximum Gasteiger partial charge on any atom is 0.203 e. The van der Waals surface area contributed by atoms with Gasteiger partial charge in [0.1, 0.15) is 12.4 Å². The van der Waals surface area contributed by atoms with E-state index in [1.165, 1.54) is 0 Å². The second-order valence-electron chi connectivity index (χ2n) is 8.39. The Morgan fingerprint density at radius 1 is 1.06 bits per heavy atom. The fourth-order valence-corrected chi connectivity index (χ4v) is 4.15. The lowest BCUT2D eigenvalue weighted by molar-refractivity contribution is 0.0299. The van der Waals surface area contributed by atoms with Crippen molar-refractivity contribution in [2.24, 2.45) is 0 Å². The van der Waals surface area contributed by atoms with Gasteiger partial charge < -0.3 is 29.0 Å². The van der Waals surface area contributed by atoms with Gasteiger partial charge in [-0.15, -0.1) is 0 Å². The van der Waals surface area contributed by atoms with Gasteiger partial charge in [0.05, 0.1) is 26.9 Å². The number of hydrogen-bond donors (Lipinski definition) is 1. The number of likely N-dealkylation sites (N-methyl/N-ethyl adjacent to an activating group) is 1. The molecule has 0 unspecified atom stereocenters. The van der Waals surface area contributed by atoms with E-state index in [1.54, 1.807) is 21.3 Å². The largest absolute Gasteiger partial charge is 0.493 e. The first kappa shape index (κ1) is 23.2. The van der Waals surface area contributed by atoms with Gasteiger partial charge in [-0.3, -0.25) is 4.90 Å². The van der Waals surface area contributed by atoms with E-state index >= 15 is 0 Å². The van der Waals surface area contributed by atoms with E-state index < -0.39 is 5.60 Å². The number of rotatable bonds is 8. The molecule has 1 aliphatic rings. The SMILES string of the molecule is COc1ccc(CN2CCOc3ccc([C@@](C)(O)CN(C)C)cc3C2)c(OC)c1OC. The first-order valence-corrected chi connectivity index (χ1v) is 10.4. The van der Waals surface area contributed by atoms with Gasteiger partial charge in [0.25, 0.3) is 0 Å². The fourth-order valence-electron chi connectivity index (χ4n) is 4.15. The minimum absolute atomic E-state index is 0.541. The number of fused-ring (bicyclic) bond motifs is 1. The second-order valence-corrected chi connectivity index (χ2v) is 8.39. The molecule has 0 aromatic heterocycles. The average Bonchev–Trinajstić information content (AvgIpc) is 2.93. The van der Waals surface area contributed by atoms with Crippen LogP contribution >= 0.6 is 0 Å². The summed E-state index contributed by atoms with van der Waals surface area (Å²) < 4.78 is 22.6. The number of benzene rings is 2. The van der Waals surface area contributed by atoms with Crippen LogP contribution in [-0.4, -0.2) is 70.0 Å². The molecular formula is C24H34N2O5. The van der Waals surface area contributed by atoms with Gasteiger partial charge in [0, 0.05) is 37.3 Å². The van der Waals surface area contributed by atoms with Crippen LogP contribution in [0.25, 0.3) is 0 Å². The van der Waals surface area contributed by atoms with E-state index in [-0.39, 0.29) is 0 Å². The zero-order chi connectivity index (χ0) is 22.6. The Labute approximate surface area is 185 Å². The van der Waals surface area contributed by atoms with Crippen LogP contribution in [-0.2, 0) is 18.7 Å². The van der Waals surface area contributed by atoms with Crippen LogP contribution in [0, 0.1) is 0 Å². The zero-order valence-electron chi connectivity index (χ0n) is 19.4. The van der Waals surface area contributed by atoms with E-state index in [1.807, 2.05) is 50.2 Å². The van der Waals surface area contributed by atoms with Crippen LogP contribution < -0.4 is 18.9 Å². The quantitative estimate of drug-likeness (QED) is 0.691. The molecule has 0 aliphatic carbocycles. The molecule has 0 spiro atoms. The standard InChI is InChI=1S/C24H34N2O5/c1-24(27,16-25(2)3)19-8-10-20-18(13-19)15-26(11-12-31-20)14-17-7-9-21(28-4)23(30-6)22(17)29-5/h7-10,13,27H,11-12,14-16H2,1-6H3/t24-/m0/s1. The highest BCUT2D eigenvalue weighted by Gasteiger charge is 2.26. The van der Waals surface area contributed by atoms with Crippen LogP contribution in [0.5, 0.6) is 23.0 Å². The van der Waals surface area contributed by atoms with Gasteiger partial charge in [0.15, 0.2) is 11.5 Å². The predicted octanol–water partition coefficient (Wildman–Crippen LogP) is 2.88. The third-order valence-corrected chi connectivity index (χ3v) is 5.55. The van der Waals surface area contributed by atoms with Crippen molar-refractivity contribution in [3.05, 3.63) is 47.0 Å². The predicted molar refractivity (Wildman–Crippen MR) is 120 cm³/mol. The second kappa shape index (κ2) is 9.77.